The lowest BCUT2D eigenvalue weighted by Gasteiger charge is -2.11. The molecular weight excluding hydrogens is 231 g/mol. The van der Waals surface area contributed by atoms with Crippen molar-refractivity contribution in [2.75, 3.05) is 0 Å². The third-order valence-electron chi connectivity index (χ3n) is 2.68. The second kappa shape index (κ2) is 5.87. The zero-order valence-corrected chi connectivity index (χ0v) is 10.6. The zero-order chi connectivity index (χ0) is 12.1. The highest BCUT2D eigenvalue weighted by atomic mass is 32.2. The van der Waals surface area contributed by atoms with Crippen LogP contribution in [0.2, 0.25) is 0 Å². The maximum atomic E-state index is 12.8. The number of halogens is 1. The van der Waals surface area contributed by atoms with Crippen LogP contribution in [0.25, 0.3) is 0 Å². The summed E-state index contributed by atoms with van der Waals surface area (Å²) in [6.45, 7) is 2.15. The molecule has 0 aromatic heterocycles. The lowest BCUT2D eigenvalue weighted by molar-refractivity contribution is 0.627. The predicted octanol–water partition coefficient (Wildman–Crippen LogP) is 4.82. The Bertz CT molecular complexity index is 450. The fourth-order valence-corrected chi connectivity index (χ4v) is 2.61. The highest BCUT2D eigenvalue weighted by Crippen LogP contribution is 2.30. The van der Waals surface area contributed by atoms with E-state index in [1.54, 1.807) is 0 Å². The molecular formula is C15H15FS. The van der Waals surface area contributed by atoms with E-state index in [9.17, 15) is 4.39 Å². The molecule has 2 rings (SSSR count). The lowest BCUT2D eigenvalue weighted by atomic mass is 10.2. The van der Waals surface area contributed by atoms with Crippen LogP contribution in [-0.2, 0) is 5.75 Å². The second-order valence-electron chi connectivity index (χ2n) is 3.99. The fourth-order valence-electron chi connectivity index (χ4n) is 1.63. The molecule has 0 saturated carbocycles. The summed E-state index contributed by atoms with van der Waals surface area (Å²) in [5.41, 5.74) is 2.50. The molecule has 2 aromatic carbocycles. The molecule has 0 radical (unpaired) electrons. The van der Waals surface area contributed by atoms with Gasteiger partial charge in [0, 0.05) is 11.0 Å². The first-order valence-electron chi connectivity index (χ1n) is 5.66. The number of benzene rings is 2. The molecule has 2 heteroatoms. The standard InChI is InChI=1S/C15H15FS/c1-12(14-7-9-15(16)10-8-14)17-11-13-5-3-2-4-6-13/h2-10,12H,11H2,1H3. The molecule has 17 heavy (non-hydrogen) atoms. The van der Waals surface area contributed by atoms with E-state index in [-0.39, 0.29) is 5.82 Å². The molecule has 0 amide bonds. The van der Waals surface area contributed by atoms with Crippen LogP contribution >= 0.6 is 11.8 Å². The van der Waals surface area contributed by atoms with Crippen molar-refractivity contribution in [3.8, 4) is 0 Å². The Morgan fingerprint density at radius 2 is 1.65 bits per heavy atom. The maximum absolute atomic E-state index is 12.8. The minimum atomic E-state index is -0.172. The summed E-state index contributed by atoms with van der Waals surface area (Å²) < 4.78 is 12.8. The van der Waals surface area contributed by atoms with Gasteiger partial charge in [-0.2, -0.15) is 0 Å². The van der Waals surface area contributed by atoms with E-state index in [1.165, 1.54) is 23.3 Å². The SMILES string of the molecule is CC(SCc1ccccc1)c1ccc(F)cc1. The van der Waals surface area contributed by atoms with Crippen LogP contribution in [0.1, 0.15) is 23.3 Å². The molecule has 0 saturated heterocycles. The minimum Gasteiger partial charge on any atom is -0.207 e. The molecule has 1 atom stereocenters. The van der Waals surface area contributed by atoms with Crippen LogP contribution in [0.3, 0.4) is 0 Å². The quantitative estimate of drug-likeness (QED) is 0.745. The van der Waals surface area contributed by atoms with Crippen LogP contribution in [-0.4, -0.2) is 0 Å². The smallest absolute Gasteiger partial charge is 0.123 e. The van der Waals surface area contributed by atoms with Crippen molar-refractivity contribution in [1.82, 2.24) is 0 Å². The molecule has 2 aromatic rings. The van der Waals surface area contributed by atoms with Gasteiger partial charge in [-0.05, 0) is 30.2 Å². The molecule has 0 heterocycles. The first kappa shape index (κ1) is 12.2. The summed E-state index contributed by atoms with van der Waals surface area (Å²) in [4.78, 5) is 0. The number of rotatable bonds is 4. The normalized spacial score (nSPS) is 12.4. The van der Waals surface area contributed by atoms with E-state index in [4.69, 9.17) is 0 Å². The maximum Gasteiger partial charge on any atom is 0.123 e. The Morgan fingerprint density at radius 1 is 1.00 bits per heavy atom. The summed E-state index contributed by atoms with van der Waals surface area (Å²) in [6, 6.07) is 17.2. The van der Waals surface area contributed by atoms with Crippen LogP contribution in [0, 0.1) is 5.82 Å². The fraction of sp³-hybridized carbons (Fsp3) is 0.200. The first-order chi connectivity index (χ1) is 8.25. The largest absolute Gasteiger partial charge is 0.207 e. The lowest BCUT2D eigenvalue weighted by Crippen LogP contribution is -1.90. The molecule has 0 aliphatic rings. The van der Waals surface area contributed by atoms with Gasteiger partial charge in [0.25, 0.3) is 0 Å². The van der Waals surface area contributed by atoms with Gasteiger partial charge < -0.3 is 0 Å². The molecule has 0 bridgehead atoms. The number of hydrogen-bond donors (Lipinski definition) is 0. The van der Waals surface area contributed by atoms with Gasteiger partial charge in [0.05, 0.1) is 0 Å². The molecule has 0 aliphatic carbocycles. The van der Waals surface area contributed by atoms with Crippen LogP contribution < -0.4 is 0 Å². The van der Waals surface area contributed by atoms with Gasteiger partial charge in [0.2, 0.25) is 0 Å². The van der Waals surface area contributed by atoms with Crippen molar-refractivity contribution in [1.29, 1.82) is 0 Å². The van der Waals surface area contributed by atoms with Crippen LogP contribution in [0.5, 0.6) is 0 Å². The predicted molar refractivity (Wildman–Crippen MR) is 72.6 cm³/mol. The highest BCUT2D eigenvalue weighted by Gasteiger charge is 2.06. The Balaban J connectivity index is 1.93. The van der Waals surface area contributed by atoms with Gasteiger partial charge in [-0.1, -0.05) is 42.5 Å². The van der Waals surface area contributed by atoms with Crippen molar-refractivity contribution in [2.24, 2.45) is 0 Å². The summed E-state index contributed by atoms with van der Waals surface area (Å²) in [5.74, 6) is 0.813. The molecule has 0 aliphatic heterocycles. The number of hydrogen-bond acceptors (Lipinski definition) is 1. The Kier molecular flexibility index (Phi) is 4.21. The second-order valence-corrected chi connectivity index (χ2v) is 5.32. The van der Waals surface area contributed by atoms with Gasteiger partial charge in [0.1, 0.15) is 5.82 Å². The van der Waals surface area contributed by atoms with Crippen molar-refractivity contribution >= 4 is 11.8 Å². The summed E-state index contributed by atoms with van der Waals surface area (Å²) in [5, 5.41) is 0.385. The van der Waals surface area contributed by atoms with Crippen molar-refractivity contribution in [2.45, 2.75) is 17.9 Å². The Labute approximate surface area is 106 Å². The van der Waals surface area contributed by atoms with E-state index >= 15 is 0 Å². The molecule has 0 spiro atoms. The Morgan fingerprint density at radius 3 is 2.29 bits per heavy atom. The van der Waals surface area contributed by atoms with Crippen molar-refractivity contribution in [3.63, 3.8) is 0 Å². The van der Waals surface area contributed by atoms with E-state index in [0.717, 1.165) is 5.75 Å². The van der Waals surface area contributed by atoms with Crippen molar-refractivity contribution in [3.05, 3.63) is 71.5 Å². The average molecular weight is 246 g/mol. The highest BCUT2D eigenvalue weighted by molar-refractivity contribution is 7.98. The number of thioether (sulfide) groups is 1. The first-order valence-corrected chi connectivity index (χ1v) is 6.71. The zero-order valence-electron chi connectivity index (χ0n) is 9.77. The third kappa shape index (κ3) is 3.60. The van der Waals surface area contributed by atoms with Gasteiger partial charge in [-0.15, -0.1) is 11.8 Å². The molecule has 88 valence electrons. The van der Waals surface area contributed by atoms with Crippen LogP contribution in [0.15, 0.2) is 54.6 Å². The Hall–Kier alpha value is -1.28. The third-order valence-corrected chi connectivity index (χ3v) is 3.95. The van der Waals surface area contributed by atoms with Gasteiger partial charge in [-0.3, -0.25) is 0 Å². The summed E-state index contributed by atoms with van der Waals surface area (Å²) in [7, 11) is 0. The van der Waals surface area contributed by atoms with Gasteiger partial charge in [-0.25, -0.2) is 4.39 Å². The molecule has 0 N–H and O–H groups in total. The summed E-state index contributed by atoms with van der Waals surface area (Å²) >= 11 is 1.87. The molecule has 0 nitrogen and oxygen atoms in total. The topological polar surface area (TPSA) is 0 Å². The van der Waals surface area contributed by atoms with Crippen LogP contribution in [0.4, 0.5) is 4.39 Å². The monoisotopic (exact) mass is 246 g/mol. The van der Waals surface area contributed by atoms with E-state index in [0.29, 0.717) is 5.25 Å². The van der Waals surface area contributed by atoms with Gasteiger partial charge >= 0.3 is 0 Å². The van der Waals surface area contributed by atoms with Gasteiger partial charge in [0.15, 0.2) is 0 Å². The average Bonchev–Trinajstić information content (AvgIpc) is 2.38. The summed E-state index contributed by atoms with van der Waals surface area (Å²) in [6.07, 6.45) is 0. The van der Waals surface area contributed by atoms with Crippen molar-refractivity contribution < 1.29 is 4.39 Å². The van der Waals surface area contributed by atoms with E-state index < -0.39 is 0 Å². The minimum absolute atomic E-state index is 0.172. The van der Waals surface area contributed by atoms with E-state index in [2.05, 4.69) is 31.2 Å². The molecule has 1 unspecified atom stereocenters. The van der Waals surface area contributed by atoms with E-state index in [1.807, 2.05) is 30.0 Å². The molecule has 0 fully saturated rings.